The molecule has 1 N–H and O–H groups in total. The Balaban J connectivity index is 1.70. The number of amides is 1. The number of hydrogen-bond donors (Lipinski definition) is 1. The second-order valence-corrected chi connectivity index (χ2v) is 9.07. The smallest absolute Gasteiger partial charge is 0.295 e. The van der Waals surface area contributed by atoms with Gasteiger partial charge in [0.25, 0.3) is 11.7 Å². The van der Waals surface area contributed by atoms with Gasteiger partial charge in [0.05, 0.1) is 39.5 Å². The summed E-state index contributed by atoms with van der Waals surface area (Å²) in [5.41, 5.74) is 0.790. The summed E-state index contributed by atoms with van der Waals surface area (Å²) in [5, 5.41) is 13.3. The molecule has 36 heavy (non-hydrogen) atoms. The van der Waals surface area contributed by atoms with Crippen LogP contribution in [-0.2, 0) is 16.1 Å². The number of benzene rings is 2. The number of ketones is 1. The molecule has 0 aliphatic carbocycles. The normalized spacial score (nSPS) is 18.0. The molecule has 0 radical (unpaired) electrons. The van der Waals surface area contributed by atoms with Gasteiger partial charge in [-0.15, -0.1) is 11.3 Å². The predicted molar refractivity (Wildman–Crippen MR) is 131 cm³/mol. The van der Waals surface area contributed by atoms with Crippen LogP contribution in [0.25, 0.3) is 5.76 Å². The fourth-order valence-electron chi connectivity index (χ4n) is 4.42. The number of Topliss-reactive ketones (excluding diaryl/α,β-unsaturated/α-hetero) is 1. The van der Waals surface area contributed by atoms with Crippen LogP contribution >= 0.6 is 11.3 Å². The number of thiophene rings is 1. The van der Waals surface area contributed by atoms with E-state index in [9.17, 15) is 14.7 Å². The van der Waals surface area contributed by atoms with Crippen LogP contribution in [0.1, 0.15) is 22.0 Å². The number of likely N-dealkylation sites (tertiary alicyclic amines) is 1. The highest BCUT2D eigenvalue weighted by Crippen LogP contribution is 2.46. The van der Waals surface area contributed by atoms with E-state index in [-0.39, 0.29) is 24.7 Å². The van der Waals surface area contributed by atoms with Gasteiger partial charge < -0.3 is 33.7 Å². The van der Waals surface area contributed by atoms with E-state index < -0.39 is 17.7 Å². The van der Waals surface area contributed by atoms with Gasteiger partial charge in [0.1, 0.15) is 5.76 Å². The maximum absolute atomic E-state index is 13.4. The van der Waals surface area contributed by atoms with Crippen LogP contribution in [0.2, 0.25) is 0 Å². The first-order valence-electron chi connectivity index (χ1n) is 11.0. The zero-order valence-electron chi connectivity index (χ0n) is 19.8. The van der Waals surface area contributed by atoms with Gasteiger partial charge >= 0.3 is 0 Å². The molecule has 1 amide bonds. The third-order valence-electron chi connectivity index (χ3n) is 6.10. The molecule has 186 valence electrons. The molecular formula is C26H23NO8S. The van der Waals surface area contributed by atoms with Crippen molar-refractivity contribution in [2.24, 2.45) is 0 Å². The van der Waals surface area contributed by atoms with Crippen molar-refractivity contribution in [3.05, 3.63) is 69.4 Å². The standard InChI is InChI=1S/C26H23NO8S/c1-31-19-10-15(11-20(32-2)25(19)33-3)22-21(23(28)14-6-7-17-18(9-14)35-13-34-17)24(29)26(30)27(22)12-16-5-4-8-36-16/h4-11,22,28H,12-13H2,1-3H3/b23-21+. The molecule has 1 aromatic heterocycles. The molecule has 10 heteroatoms. The molecule has 1 atom stereocenters. The van der Waals surface area contributed by atoms with E-state index in [1.54, 1.807) is 30.3 Å². The third kappa shape index (κ3) is 3.89. The summed E-state index contributed by atoms with van der Waals surface area (Å²) in [6.45, 7) is 0.248. The van der Waals surface area contributed by atoms with Gasteiger partial charge in [-0.05, 0) is 47.3 Å². The summed E-state index contributed by atoms with van der Waals surface area (Å²) in [7, 11) is 4.45. The molecule has 1 unspecified atom stereocenters. The summed E-state index contributed by atoms with van der Waals surface area (Å²) < 4.78 is 27.2. The Labute approximate surface area is 211 Å². The zero-order valence-corrected chi connectivity index (χ0v) is 20.6. The number of rotatable bonds is 7. The third-order valence-corrected chi connectivity index (χ3v) is 6.96. The van der Waals surface area contributed by atoms with Crippen LogP contribution < -0.4 is 23.7 Å². The molecule has 1 fully saturated rings. The number of hydrogen-bond acceptors (Lipinski definition) is 9. The maximum atomic E-state index is 13.4. The van der Waals surface area contributed by atoms with Crippen LogP contribution in [-0.4, -0.2) is 49.8 Å². The Bertz CT molecular complexity index is 1340. The first kappa shape index (κ1) is 23.6. The monoisotopic (exact) mass is 509 g/mol. The quantitative estimate of drug-likeness (QED) is 0.288. The van der Waals surface area contributed by atoms with Crippen molar-refractivity contribution in [1.29, 1.82) is 0 Å². The van der Waals surface area contributed by atoms with E-state index in [1.807, 2.05) is 17.5 Å². The van der Waals surface area contributed by atoms with Crippen LogP contribution in [0.3, 0.4) is 0 Å². The average molecular weight is 510 g/mol. The summed E-state index contributed by atoms with van der Waals surface area (Å²) in [5.74, 6) is 0.231. The van der Waals surface area contributed by atoms with Crippen molar-refractivity contribution < 1.29 is 38.4 Å². The predicted octanol–water partition coefficient (Wildman–Crippen LogP) is 4.12. The minimum Gasteiger partial charge on any atom is -0.507 e. The highest BCUT2D eigenvalue weighted by Gasteiger charge is 2.46. The minimum absolute atomic E-state index is 0.0512. The fraction of sp³-hybridized carbons (Fsp3) is 0.231. The Hall–Kier alpha value is -4.18. The molecule has 0 bridgehead atoms. The number of aliphatic hydroxyl groups is 1. The van der Waals surface area contributed by atoms with E-state index in [0.717, 1.165) is 4.88 Å². The molecule has 2 aliphatic heterocycles. The number of carbonyl (C=O) groups excluding carboxylic acids is 2. The molecule has 9 nitrogen and oxygen atoms in total. The number of nitrogens with zero attached hydrogens (tertiary/aromatic N) is 1. The summed E-state index contributed by atoms with van der Waals surface area (Å²) in [6.07, 6.45) is 0. The number of ether oxygens (including phenoxy) is 5. The lowest BCUT2D eigenvalue weighted by Crippen LogP contribution is -2.29. The molecule has 2 aliphatic rings. The van der Waals surface area contributed by atoms with Gasteiger partial charge in [-0.3, -0.25) is 9.59 Å². The Morgan fingerprint density at radius 2 is 1.75 bits per heavy atom. The van der Waals surface area contributed by atoms with Crippen molar-refractivity contribution >= 4 is 28.8 Å². The van der Waals surface area contributed by atoms with E-state index in [1.165, 1.54) is 37.6 Å². The Kier molecular flexibility index (Phi) is 6.19. The van der Waals surface area contributed by atoms with Crippen molar-refractivity contribution in [2.45, 2.75) is 12.6 Å². The molecule has 3 aromatic rings. The number of aliphatic hydroxyl groups excluding tert-OH is 1. The van der Waals surface area contributed by atoms with Crippen molar-refractivity contribution in [3.8, 4) is 28.7 Å². The number of fused-ring (bicyclic) bond motifs is 1. The molecule has 1 saturated heterocycles. The van der Waals surface area contributed by atoms with Gasteiger partial charge in [-0.1, -0.05) is 6.07 Å². The molecular weight excluding hydrogens is 486 g/mol. The largest absolute Gasteiger partial charge is 0.507 e. The molecule has 0 spiro atoms. The van der Waals surface area contributed by atoms with E-state index in [2.05, 4.69) is 0 Å². The summed E-state index contributed by atoms with van der Waals surface area (Å²) in [6, 6.07) is 11.0. The Morgan fingerprint density at radius 1 is 1.03 bits per heavy atom. The van der Waals surface area contributed by atoms with Crippen molar-refractivity contribution in [2.75, 3.05) is 28.1 Å². The fourth-order valence-corrected chi connectivity index (χ4v) is 5.12. The lowest BCUT2D eigenvalue weighted by atomic mass is 9.94. The second-order valence-electron chi connectivity index (χ2n) is 8.03. The van der Waals surface area contributed by atoms with Gasteiger partial charge in [-0.2, -0.15) is 0 Å². The van der Waals surface area contributed by atoms with E-state index in [0.29, 0.717) is 39.9 Å². The molecule has 5 rings (SSSR count). The van der Waals surface area contributed by atoms with E-state index >= 15 is 0 Å². The zero-order chi connectivity index (χ0) is 25.4. The molecule has 0 saturated carbocycles. The van der Waals surface area contributed by atoms with E-state index in [4.69, 9.17) is 23.7 Å². The Morgan fingerprint density at radius 3 is 2.39 bits per heavy atom. The van der Waals surface area contributed by atoms with Gasteiger partial charge in [0.2, 0.25) is 12.5 Å². The minimum atomic E-state index is -0.911. The van der Waals surface area contributed by atoms with Crippen LogP contribution in [0.5, 0.6) is 28.7 Å². The summed E-state index contributed by atoms with van der Waals surface area (Å²) >= 11 is 1.47. The van der Waals surface area contributed by atoms with Crippen molar-refractivity contribution in [3.63, 3.8) is 0 Å². The maximum Gasteiger partial charge on any atom is 0.295 e. The van der Waals surface area contributed by atoms with Crippen LogP contribution in [0, 0.1) is 0 Å². The SMILES string of the molecule is COc1cc(C2/C(=C(\O)c3ccc4c(c3)OCO4)C(=O)C(=O)N2Cc2cccs2)cc(OC)c1OC. The van der Waals surface area contributed by atoms with Gasteiger partial charge in [0, 0.05) is 10.4 Å². The number of carbonyl (C=O) groups is 2. The molecule has 2 aromatic carbocycles. The average Bonchev–Trinajstić information content (AvgIpc) is 3.64. The van der Waals surface area contributed by atoms with Crippen molar-refractivity contribution in [1.82, 2.24) is 4.90 Å². The van der Waals surface area contributed by atoms with Crippen LogP contribution in [0.15, 0.2) is 53.4 Å². The number of methoxy groups -OCH3 is 3. The van der Waals surface area contributed by atoms with Gasteiger partial charge in [-0.25, -0.2) is 0 Å². The lowest BCUT2D eigenvalue weighted by Gasteiger charge is -2.26. The van der Waals surface area contributed by atoms with Gasteiger partial charge in [0.15, 0.2) is 23.0 Å². The molecule has 3 heterocycles. The van der Waals surface area contributed by atoms with Crippen LogP contribution in [0.4, 0.5) is 0 Å². The summed E-state index contributed by atoms with van der Waals surface area (Å²) in [4.78, 5) is 29.0. The second kappa shape index (κ2) is 9.46. The highest BCUT2D eigenvalue weighted by molar-refractivity contribution is 7.09. The first-order valence-corrected chi connectivity index (χ1v) is 11.9. The topological polar surface area (TPSA) is 104 Å². The lowest BCUT2D eigenvalue weighted by molar-refractivity contribution is -0.140. The highest BCUT2D eigenvalue weighted by atomic mass is 32.1. The first-order chi connectivity index (χ1) is 17.5.